The summed E-state index contributed by atoms with van der Waals surface area (Å²) in [7, 11) is 0. The van der Waals surface area contributed by atoms with Gasteiger partial charge in [-0.1, -0.05) is 19.9 Å². The molecule has 1 rings (SSSR count). The van der Waals surface area contributed by atoms with Crippen LogP contribution in [0.4, 0.5) is 0 Å². The van der Waals surface area contributed by atoms with Crippen LogP contribution in [-0.2, 0) is 14.9 Å². The highest BCUT2D eigenvalue weighted by molar-refractivity contribution is 7.10. The molecular weight excluding hydrogens is 246 g/mol. The van der Waals surface area contributed by atoms with Gasteiger partial charge in [0, 0.05) is 16.8 Å². The van der Waals surface area contributed by atoms with Crippen molar-refractivity contribution < 1.29 is 9.53 Å². The van der Waals surface area contributed by atoms with E-state index in [1.54, 1.807) is 11.3 Å². The van der Waals surface area contributed by atoms with Crippen LogP contribution < -0.4 is 5.32 Å². The highest BCUT2D eigenvalue weighted by Crippen LogP contribution is 2.26. The zero-order chi connectivity index (χ0) is 13.8. The summed E-state index contributed by atoms with van der Waals surface area (Å²) in [5, 5.41) is 5.24. The SMILES string of the molecule is CC(C)(C)OC(=O)CNCC(C)(C)c1cccs1. The number of hydrogen-bond donors (Lipinski definition) is 1. The van der Waals surface area contributed by atoms with Gasteiger partial charge in [0.05, 0.1) is 6.54 Å². The van der Waals surface area contributed by atoms with Gasteiger partial charge in [-0.15, -0.1) is 11.3 Å². The van der Waals surface area contributed by atoms with Crippen LogP contribution in [0.15, 0.2) is 17.5 Å². The van der Waals surface area contributed by atoms with Gasteiger partial charge in [-0.2, -0.15) is 0 Å². The van der Waals surface area contributed by atoms with Crippen LogP contribution in [-0.4, -0.2) is 24.7 Å². The van der Waals surface area contributed by atoms with Crippen molar-refractivity contribution in [2.45, 2.75) is 45.6 Å². The Kier molecular flexibility index (Phi) is 4.93. The Hall–Kier alpha value is -0.870. The van der Waals surface area contributed by atoms with Crippen molar-refractivity contribution in [3.05, 3.63) is 22.4 Å². The molecule has 0 aliphatic carbocycles. The maximum absolute atomic E-state index is 11.5. The Bertz CT molecular complexity index is 377. The first-order valence-corrected chi connectivity index (χ1v) is 7.05. The van der Waals surface area contributed by atoms with Gasteiger partial charge in [0.15, 0.2) is 0 Å². The number of rotatable bonds is 5. The maximum Gasteiger partial charge on any atom is 0.320 e. The van der Waals surface area contributed by atoms with Crippen molar-refractivity contribution >= 4 is 17.3 Å². The van der Waals surface area contributed by atoms with Crippen molar-refractivity contribution in [2.24, 2.45) is 0 Å². The third kappa shape index (κ3) is 5.19. The summed E-state index contributed by atoms with van der Waals surface area (Å²) in [5.41, 5.74) is -0.377. The Morgan fingerprint density at radius 2 is 2.00 bits per heavy atom. The Labute approximate surface area is 114 Å². The minimum absolute atomic E-state index is 0.0379. The molecule has 0 aliphatic rings. The van der Waals surface area contributed by atoms with Crippen molar-refractivity contribution in [1.29, 1.82) is 0 Å². The molecule has 0 saturated carbocycles. The molecule has 0 saturated heterocycles. The third-order valence-corrected chi connectivity index (χ3v) is 3.68. The van der Waals surface area contributed by atoms with Gasteiger partial charge >= 0.3 is 5.97 Å². The van der Waals surface area contributed by atoms with E-state index in [4.69, 9.17) is 4.74 Å². The van der Waals surface area contributed by atoms with Crippen molar-refractivity contribution in [1.82, 2.24) is 5.32 Å². The van der Waals surface area contributed by atoms with Crippen LogP contribution in [0.5, 0.6) is 0 Å². The fraction of sp³-hybridized carbons (Fsp3) is 0.643. The molecular formula is C14H23NO2S. The molecule has 0 amide bonds. The summed E-state index contributed by atoms with van der Waals surface area (Å²) in [6.07, 6.45) is 0. The number of carbonyl (C=O) groups is 1. The lowest BCUT2D eigenvalue weighted by molar-refractivity contribution is -0.153. The second-order valence-electron chi connectivity index (χ2n) is 6.05. The number of thiophene rings is 1. The largest absolute Gasteiger partial charge is 0.459 e. The molecule has 4 heteroatoms. The minimum Gasteiger partial charge on any atom is -0.459 e. The summed E-state index contributed by atoms with van der Waals surface area (Å²) >= 11 is 1.74. The molecule has 0 aliphatic heterocycles. The number of esters is 1. The fourth-order valence-electron chi connectivity index (χ4n) is 1.61. The van der Waals surface area contributed by atoms with Crippen LogP contribution in [0.2, 0.25) is 0 Å². The first-order valence-electron chi connectivity index (χ1n) is 6.17. The van der Waals surface area contributed by atoms with E-state index in [9.17, 15) is 4.79 Å². The number of carbonyl (C=O) groups excluding carboxylic acids is 1. The summed E-state index contributed by atoms with van der Waals surface area (Å²) in [6.45, 7) is 11.0. The molecule has 18 heavy (non-hydrogen) atoms. The quantitative estimate of drug-likeness (QED) is 0.835. The third-order valence-electron chi connectivity index (χ3n) is 2.44. The molecule has 3 nitrogen and oxygen atoms in total. The first-order chi connectivity index (χ1) is 8.21. The highest BCUT2D eigenvalue weighted by atomic mass is 32.1. The molecule has 0 radical (unpaired) electrons. The van der Waals surface area contributed by atoms with E-state index in [1.807, 2.05) is 20.8 Å². The molecule has 0 aromatic carbocycles. The maximum atomic E-state index is 11.5. The monoisotopic (exact) mass is 269 g/mol. The lowest BCUT2D eigenvalue weighted by atomic mass is 9.91. The molecule has 0 spiro atoms. The van der Waals surface area contributed by atoms with Crippen LogP contribution >= 0.6 is 11.3 Å². The minimum atomic E-state index is -0.415. The van der Waals surface area contributed by atoms with E-state index in [1.165, 1.54) is 4.88 Å². The van der Waals surface area contributed by atoms with Crippen molar-refractivity contribution in [3.63, 3.8) is 0 Å². The van der Waals surface area contributed by atoms with Crippen LogP contribution in [0, 0.1) is 0 Å². The summed E-state index contributed by atoms with van der Waals surface area (Å²) in [6, 6.07) is 4.18. The molecule has 0 atom stereocenters. The molecule has 1 heterocycles. The van der Waals surface area contributed by atoms with Crippen molar-refractivity contribution in [3.8, 4) is 0 Å². The summed E-state index contributed by atoms with van der Waals surface area (Å²) in [4.78, 5) is 12.9. The van der Waals surface area contributed by atoms with E-state index in [0.717, 1.165) is 6.54 Å². The number of nitrogens with one attached hydrogen (secondary N) is 1. The average molecular weight is 269 g/mol. The zero-order valence-corrected chi connectivity index (χ0v) is 12.7. The predicted molar refractivity (Wildman–Crippen MR) is 76.1 cm³/mol. The Balaban J connectivity index is 2.36. The van der Waals surface area contributed by atoms with Crippen LogP contribution in [0.25, 0.3) is 0 Å². The van der Waals surface area contributed by atoms with E-state index >= 15 is 0 Å². The Morgan fingerprint density at radius 3 is 2.50 bits per heavy atom. The van der Waals surface area contributed by atoms with Gasteiger partial charge < -0.3 is 10.1 Å². The zero-order valence-electron chi connectivity index (χ0n) is 11.9. The lowest BCUT2D eigenvalue weighted by Crippen LogP contribution is -2.37. The van der Waals surface area contributed by atoms with E-state index in [0.29, 0.717) is 0 Å². The summed E-state index contributed by atoms with van der Waals surface area (Å²) in [5.74, 6) is -0.204. The van der Waals surface area contributed by atoms with Gasteiger partial charge in [-0.05, 0) is 32.2 Å². The summed E-state index contributed by atoms with van der Waals surface area (Å²) < 4.78 is 5.24. The normalized spacial score (nSPS) is 12.5. The standard InChI is InChI=1S/C14H23NO2S/c1-13(2,3)17-12(16)9-15-10-14(4,5)11-7-6-8-18-11/h6-8,15H,9-10H2,1-5H3. The Morgan fingerprint density at radius 1 is 1.33 bits per heavy atom. The van der Waals surface area contributed by atoms with E-state index < -0.39 is 5.60 Å². The topological polar surface area (TPSA) is 38.3 Å². The second kappa shape index (κ2) is 5.85. The average Bonchev–Trinajstić information content (AvgIpc) is 2.66. The number of ether oxygens (including phenoxy) is 1. The van der Waals surface area contributed by atoms with E-state index in [-0.39, 0.29) is 17.9 Å². The second-order valence-corrected chi connectivity index (χ2v) is 7.00. The van der Waals surface area contributed by atoms with Crippen molar-refractivity contribution in [2.75, 3.05) is 13.1 Å². The van der Waals surface area contributed by atoms with Gasteiger partial charge in [-0.25, -0.2) is 0 Å². The highest BCUT2D eigenvalue weighted by Gasteiger charge is 2.22. The molecule has 1 N–H and O–H groups in total. The molecule has 102 valence electrons. The fourth-order valence-corrected chi connectivity index (χ4v) is 2.46. The number of hydrogen-bond acceptors (Lipinski definition) is 4. The lowest BCUT2D eigenvalue weighted by Gasteiger charge is -2.24. The smallest absolute Gasteiger partial charge is 0.320 e. The predicted octanol–water partition coefficient (Wildman–Crippen LogP) is 2.96. The molecule has 0 bridgehead atoms. The molecule has 1 aromatic heterocycles. The van der Waals surface area contributed by atoms with Gasteiger partial charge in [0.2, 0.25) is 0 Å². The van der Waals surface area contributed by atoms with Crippen LogP contribution in [0.3, 0.4) is 0 Å². The van der Waals surface area contributed by atoms with Gasteiger partial charge in [0.25, 0.3) is 0 Å². The molecule has 0 fully saturated rings. The molecule has 0 unspecified atom stereocenters. The van der Waals surface area contributed by atoms with Crippen LogP contribution in [0.1, 0.15) is 39.5 Å². The van der Waals surface area contributed by atoms with Gasteiger partial charge in [0.1, 0.15) is 5.60 Å². The first kappa shape index (κ1) is 15.2. The molecule has 1 aromatic rings. The van der Waals surface area contributed by atoms with Gasteiger partial charge in [-0.3, -0.25) is 4.79 Å². The van der Waals surface area contributed by atoms with E-state index in [2.05, 4.69) is 36.7 Å².